The molecule has 9 heteroatoms. The first kappa shape index (κ1) is 18.6. The molecule has 142 valence electrons. The molecule has 26 heavy (non-hydrogen) atoms. The lowest BCUT2D eigenvalue weighted by molar-refractivity contribution is -0.124. The van der Waals surface area contributed by atoms with Crippen molar-refractivity contribution in [2.24, 2.45) is 4.99 Å². The molecule has 1 aliphatic heterocycles. The molecule has 0 atom stereocenters. The molecule has 0 bridgehead atoms. The van der Waals surface area contributed by atoms with Crippen LogP contribution in [0, 0.1) is 0 Å². The molecule has 0 radical (unpaired) electrons. The zero-order valence-corrected chi connectivity index (χ0v) is 16.2. The Hall–Kier alpha value is -2.16. The summed E-state index contributed by atoms with van der Waals surface area (Å²) in [6, 6.07) is -0.336. The number of guanidine groups is 1. The largest absolute Gasteiger partial charge is 0.357 e. The summed E-state index contributed by atoms with van der Waals surface area (Å²) in [5.74, 6) is 0.560. The van der Waals surface area contributed by atoms with Crippen LogP contribution in [0.5, 0.6) is 0 Å². The summed E-state index contributed by atoms with van der Waals surface area (Å²) in [5.41, 5.74) is 1.27. The first-order valence-electron chi connectivity index (χ1n) is 9.13. The number of rotatable bonds is 6. The molecule has 2 heterocycles. The van der Waals surface area contributed by atoms with Crippen LogP contribution in [0.15, 0.2) is 4.99 Å². The van der Waals surface area contributed by atoms with Gasteiger partial charge in [0.15, 0.2) is 5.96 Å². The quantitative estimate of drug-likeness (QED) is 0.437. The summed E-state index contributed by atoms with van der Waals surface area (Å²) >= 11 is 1.80. The minimum Gasteiger partial charge on any atom is -0.357 e. The average Bonchev–Trinajstić information content (AvgIpc) is 3.17. The fourth-order valence-electron chi connectivity index (χ4n) is 3.16. The molecule has 1 aromatic rings. The monoisotopic (exact) mass is 378 g/mol. The molecule has 8 nitrogen and oxygen atoms in total. The van der Waals surface area contributed by atoms with E-state index in [1.54, 1.807) is 11.3 Å². The third-order valence-electron chi connectivity index (χ3n) is 4.48. The Morgan fingerprint density at radius 2 is 2.19 bits per heavy atom. The highest BCUT2D eigenvalue weighted by atomic mass is 32.1. The molecule has 1 saturated heterocycles. The van der Waals surface area contributed by atoms with E-state index in [-0.39, 0.29) is 18.5 Å². The maximum atomic E-state index is 11.6. The number of carbonyl (C=O) groups is 2. The molecule has 2 N–H and O–H groups in total. The zero-order chi connectivity index (χ0) is 18.5. The second kappa shape index (κ2) is 8.48. The van der Waals surface area contributed by atoms with E-state index in [0.29, 0.717) is 19.6 Å². The number of urea groups is 1. The van der Waals surface area contributed by atoms with Crippen molar-refractivity contribution in [2.45, 2.75) is 39.2 Å². The van der Waals surface area contributed by atoms with Crippen LogP contribution in [0.3, 0.4) is 0 Å². The van der Waals surface area contributed by atoms with Gasteiger partial charge in [0.05, 0.1) is 31.9 Å². The molecule has 0 aromatic carbocycles. The Labute approximate surface area is 157 Å². The SMILES string of the molecule is CCNC(=NCCN1C(=O)CNC1=O)N(C)Cc1nc2c(s1)CCCC2. The average molecular weight is 379 g/mol. The fraction of sp³-hybridized carbons (Fsp3) is 0.647. The number of aryl methyl sites for hydroxylation is 2. The van der Waals surface area contributed by atoms with Crippen LogP contribution >= 0.6 is 11.3 Å². The van der Waals surface area contributed by atoms with Crippen molar-refractivity contribution in [3.63, 3.8) is 0 Å². The van der Waals surface area contributed by atoms with E-state index >= 15 is 0 Å². The molecule has 3 rings (SSSR count). The number of imide groups is 1. The van der Waals surface area contributed by atoms with Gasteiger partial charge < -0.3 is 15.5 Å². The smallest absolute Gasteiger partial charge is 0.324 e. The molecule has 3 amide bonds. The number of hydrogen-bond acceptors (Lipinski definition) is 5. The highest BCUT2D eigenvalue weighted by Gasteiger charge is 2.27. The number of aromatic nitrogens is 1. The number of thiazole rings is 1. The highest BCUT2D eigenvalue weighted by Crippen LogP contribution is 2.27. The van der Waals surface area contributed by atoms with Crippen LogP contribution in [0.1, 0.15) is 35.3 Å². The molecular weight excluding hydrogens is 352 g/mol. The lowest BCUT2D eigenvalue weighted by Crippen LogP contribution is -2.39. The van der Waals surface area contributed by atoms with Crippen LogP contribution in [0.25, 0.3) is 0 Å². The number of hydrogen-bond donors (Lipinski definition) is 2. The normalized spacial score (nSPS) is 17.3. The summed E-state index contributed by atoms with van der Waals surface area (Å²) in [5, 5.41) is 6.89. The number of aliphatic imine (C=N–C) groups is 1. The standard InChI is InChI=1S/C17H26N6O2S/c1-3-18-16(19-8-9-23-15(24)10-20-17(23)25)22(2)11-14-21-12-6-4-5-7-13(12)26-14/h3-11H2,1-2H3,(H,18,19)(H,20,25). The molecule has 0 saturated carbocycles. The minimum atomic E-state index is -0.336. The summed E-state index contributed by atoms with van der Waals surface area (Å²) in [6.07, 6.45) is 4.74. The van der Waals surface area contributed by atoms with Crippen molar-refractivity contribution < 1.29 is 9.59 Å². The first-order valence-corrected chi connectivity index (χ1v) is 9.95. The van der Waals surface area contributed by atoms with Crippen molar-refractivity contribution >= 4 is 29.2 Å². The van der Waals surface area contributed by atoms with E-state index in [9.17, 15) is 9.59 Å². The van der Waals surface area contributed by atoms with Gasteiger partial charge in [-0.05, 0) is 32.6 Å². The number of fused-ring (bicyclic) bond motifs is 1. The molecule has 1 aliphatic carbocycles. The molecule has 1 fully saturated rings. The maximum Gasteiger partial charge on any atom is 0.324 e. The van der Waals surface area contributed by atoms with Gasteiger partial charge in [0.1, 0.15) is 5.01 Å². The van der Waals surface area contributed by atoms with Crippen LogP contribution in [0.2, 0.25) is 0 Å². The Morgan fingerprint density at radius 1 is 1.38 bits per heavy atom. The molecular formula is C17H26N6O2S. The molecule has 1 aromatic heterocycles. The van der Waals surface area contributed by atoms with E-state index in [1.165, 1.54) is 28.3 Å². The van der Waals surface area contributed by atoms with Crippen molar-refractivity contribution in [1.29, 1.82) is 0 Å². The van der Waals surface area contributed by atoms with Gasteiger partial charge >= 0.3 is 6.03 Å². The van der Waals surface area contributed by atoms with Gasteiger partial charge in [0, 0.05) is 18.5 Å². The van der Waals surface area contributed by atoms with Crippen LogP contribution < -0.4 is 10.6 Å². The number of amides is 3. The van der Waals surface area contributed by atoms with Gasteiger partial charge in [0.25, 0.3) is 0 Å². The number of nitrogens with zero attached hydrogens (tertiary/aromatic N) is 4. The second-order valence-corrected chi connectivity index (χ2v) is 7.65. The van der Waals surface area contributed by atoms with Crippen molar-refractivity contribution in [3.05, 3.63) is 15.6 Å². The van der Waals surface area contributed by atoms with Crippen molar-refractivity contribution in [2.75, 3.05) is 33.2 Å². The van der Waals surface area contributed by atoms with Crippen LogP contribution in [-0.2, 0) is 24.2 Å². The Morgan fingerprint density at radius 3 is 2.88 bits per heavy atom. The van der Waals surface area contributed by atoms with Gasteiger partial charge in [0.2, 0.25) is 5.91 Å². The minimum absolute atomic E-state index is 0.0806. The van der Waals surface area contributed by atoms with Crippen LogP contribution in [-0.4, -0.2) is 65.9 Å². The van der Waals surface area contributed by atoms with E-state index in [2.05, 4.69) is 15.6 Å². The molecule has 0 spiro atoms. The Bertz CT molecular complexity index is 662. The Balaban J connectivity index is 1.59. The van der Waals surface area contributed by atoms with Gasteiger partial charge in [-0.3, -0.25) is 14.7 Å². The first-order chi connectivity index (χ1) is 12.6. The highest BCUT2D eigenvalue weighted by molar-refractivity contribution is 7.11. The van der Waals surface area contributed by atoms with Gasteiger partial charge in [-0.15, -0.1) is 11.3 Å². The fourth-order valence-corrected chi connectivity index (χ4v) is 4.37. The third kappa shape index (κ3) is 4.32. The van der Waals surface area contributed by atoms with Crippen molar-refractivity contribution in [3.8, 4) is 0 Å². The second-order valence-electron chi connectivity index (χ2n) is 6.48. The molecule has 2 aliphatic rings. The van der Waals surface area contributed by atoms with Gasteiger partial charge in [-0.1, -0.05) is 0 Å². The number of nitrogens with one attached hydrogen (secondary N) is 2. The van der Waals surface area contributed by atoms with Crippen molar-refractivity contribution in [1.82, 2.24) is 25.4 Å². The molecule has 0 unspecified atom stereocenters. The van der Waals surface area contributed by atoms with E-state index in [0.717, 1.165) is 30.4 Å². The maximum absolute atomic E-state index is 11.6. The lowest BCUT2D eigenvalue weighted by Gasteiger charge is -2.21. The predicted molar refractivity (Wildman–Crippen MR) is 101 cm³/mol. The topological polar surface area (TPSA) is 89.9 Å². The summed E-state index contributed by atoms with van der Waals surface area (Å²) < 4.78 is 0. The zero-order valence-electron chi connectivity index (χ0n) is 15.4. The van der Waals surface area contributed by atoms with E-state index < -0.39 is 0 Å². The summed E-state index contributed by atoms with van der Waals surface area (Å²) in [4.78, 5) is 37.2. The third-order valence-corrected chi connectivity index (χ3v) is 5.62. The lowest BCUT2D eigenvalue weighted by atomic mass is 10.0. The summed E-state index contributed by atoms with van der Waals surface area (Å²) in [6.45, 7) is 4.21. The van der Waals surface area contributed by atoms with Gasteiger partial charge in [-0.25, -0.2) is 9.78 Å². The number of carbonyl (C=O) groups excluding carboxylic acids is 2. The summed E-state index contributed by atoms with van der Waals surface area (Å²) in [7, 11) is 1.98. The van der Waals surface area contributed by atoms with E-state index in [1.807, 2.05) is 18.9 Å². The van der Waals surface area contributed by atoms with Gasteiger partial charge in [-0.2, -0.15) is 0 Å². The van der Waals surface area contributed by atoms with E-state index in [4.69, 9.17) is 4.98 Å². The van der Waals surface area contributed by atoms with Crippen LogP contribution in [0.4, 0.5) is 4.79 Å². The predicted octanol–water partition coefficient (Wildman–Crippen LogP) is 0.971. The Kier molecular flexibility index (Phi) is 6.08.